The Balaban J connectivity index is 2.56. The molecule has 0 unspecified atom stereocenters. The van der Waals surface area contributed by atoms with Gasteiger partial charge >= 0.3 is 5.97 Å². The quantitative estimate of drug-likeness (QED) is 0.935. The Bertz CT molecular complexity index is 683. The molecule has 0 spiro atoms. The lowest BCUT2D eigenvalue weighted by Gasteiger charge is -2.22. The monoisotopic (exact) mass is 286 g/mol. The first kappa shape index (κ1) is 14.8. The number of hydrogen-bond acceptors (Lipinski definition) is 4. The van der Waals surface area contributed by atoms with Crippen molar-refractivity contribution in [1.82, 2.24) is 4.98 Å². The number of methoxy groups -OCH3 is 1. The molecule has 0 bridgehead atoms. The summed E-state index contributed by atoms with van der Waals surface area (Å²) in [4.78, 5) is 17.7. The van der Waals surface area contributed by atoms with E-state index in [1.807, 2.05) is 31.2 Å². The highest BCUT2D eigenvalue weighted by atomic mass is 16.5. The minimum atomic E-state index is -0.982. The van der Waals surface area contributed by atoms with Gasteiger partial charge in [-0.05, 0) is 37.6 Å². The average molecular weight is 286 g/mol. The number of aryl methyl sites for hydroxylation is 2. The number of carbonyl (C=O) groups is 1. The van der Waals surface area contributed by atoms with Gasteiger partial charge in [0.15, 0.2) is 0 Å². The molecular formula is C16H18N2O3. The molecule has 0 fully saturated rings. The summed E-state index contributed by atoms with van der Waals surface area (Å²) in [5.74, 6) is 0.151. The van der Waals surface area contributed by atoms with Crippen molar-refractivity contribution in [3.8, 4) is 5.75 Å². The maximum atomic E-state index is 11.5. The highest BCUT2D eigenvalue weighted by Crippen LogP contribution is 2.29. The fourth-order valence-electron chi connectivity index (χ4n) is 2.27. The Morgan fingerprint density at radius 2 is 2.00 bits per heavy atom. The topological polar surface area (TPSA) is 62.7 Å². The van der Waals surface area contributed by atoms with Crippen LogP contribution in [0.2, 0.25) is 0 Å². The SMILES string of the molecule is COc1cccc(N(C)c2nc(C)cc(C)c2C(=O)O)c1. The molecule has 1 N–H and O–H groups in total. The van der Waals surface area contributed by atoms with Gasteiger partial charge in [-0.15, -0.1) is 0 Å². The van der Waals surface area contributed by atoms with E-state index >= 15 is 0 Å². The summed E-state index contributed by atoms with van der Waals surface area (Å²) in [5.41, 5.74) is 2.50. The molecule has 1 heterocycles. The minimum Gasteiger partial charge on any atom is -0.497 e. The van der Waals surface area contributed by atoms with Crippen LogP contribution in [0.1, 0.15) is 21.6 Å². The summed E-state index contributed by atoms with van der Waals surface area (Å²) in [6.45, 7) is 3.63. The Kier molecular flexibility index (Phi) is 4.12. The van der Waals surface area contributed by atoms with E-state index in [-0.39, 0.29) is 5.56 Å². The average Bonchev–Trinajstić information content (AvgIpc) is 2.45. The molecule has 0 aliphatic carbocycles. The van der Waals surface area contributed by atoms with Crippen LogP contribution < -0.4 is 9.64 Å². The lowest BCUT2D eigenvalue weighted by molar-refractivity contribution is 0.0696. The summed E-state index contributed by atoms with van der Waals surface area (Å²) < 4.78 is 5.20. The number of carboxylic acid groups (broad SMARTS) is 1. The normalized spacial score (nSPS) is 10.3. The molecule has 5 nitrogen and oxygen atoms in total. The number of benzene rings is 1. The molecule has 0 radical (unpaired) electrons. The second-order valence-corrected chi connectivity index (χ2v) is 4.84. The van der Waals surface area contributed by atoms with E-state index in [2.05, 4.69) is 4.98 Å². The summed E-state index contributed by atoms with van der Waals surface area (Å²) in [5, 5.41) is 9.44. The first-order valence-corrected chi connectivity index (χ1v) is 6.53. The van der Waals surface area contributed by atoms with E-state index in [4.69, 9.17) is 4.74 Å². The zero-order valence-electron chi connectivity index (χ0n) is 12.5. The highest BCUT2D eigenvalue weighted by Gasteiger charge is 2.19. The van der Waals surface area contributed by atoms with Gasteiger partial charge in [0.25, 0.3) is 0 Å². The standard InChI is InChI=1S/C16H18N2O3/c1-10-8-11(2)17-15(14(10)16(19)20)18(3)12-6-5-7-13(9-12)21-4/h5-9H,1-4H3,(H,19,20). The van der Waals surface area contributed by atoms with Crippen LogP contribution in [-0.4, -0.2) is 30.2 Å². The zero-order chi connectivity index (χ0) is 15.6. The maximum absolute atomic E-state index is 11.5. The van der Waals surface area contributed by atoms with Gasteiger partial charge in [-0.2, -0.15) is 0 Å². The fourth-order valence-corrected chi connectivity index (χ4v) is 2.27. The lowest BCUT2D eigenvalue weighted by Crippen LogP contribution is -2.17. The third-order valence-electron chi connectivity index (χ3n) is 3.30. The minimum absolute atomic E-state index is 0.214. The molecule has 1 aromatic carbocycles. The predicted molar refractivity (Wildman–Crippen MR) is 81.7 cm³/mol. The van der Waals surface area contributed by atoms with Crippen LogP contribution in [0.4, 0.5) is 11.5 Å². The van der Waals surface area contributed by atoms with Gasteiger partial charge in [-0.25, -0.2) is 9.78 Å². The number of ether oxygens (including phenoxy) is 1. The number of aromatic carboxylic acids is 1. The number of anilines is 2. The summed E-state index contributed by atoms with van der Waals surface area (Å²) in [7, 11) is 3.39. The van der Waals surface area contributed by atoms with Gasteiger partial charge in [-0.1, -0.05) is 6.07 Å². The molecule has 0 aliphatic rings. The van der Waals surface area contributed by atoms with Crippen molar-refractivity contribution in [2.45, 2.75) is 13.8 Å². The van der Waals surface area contributed by atoms with Crippen LogP contribution in [0, 0.1) is 13.8 Å². The van der Waals surface area contributed by atoms with Gasteiger partial charge in [-0.3, -0.25) is 0 Å². The van der Waals surface area contributed by atoms with E-state index in [1.165, 1.54) is 0 Å². The van der Waals surface area contributed by atoms with E-state index in [0.29, 0.717) is 17.1 Å². The molecule has 5 heteroatoms. The van der Waals surface area contributed by atoms with Crippen molar-refractivity contribution >= 4 is 17.5 Å². The first-order valence-electron chi connectivity index (χ1n) is 6.53. The summed E-state index contributed by atoms with van der Waals surface area (Å²) in [6.07, 6.45) is 0. The van der Waals surface area contributed by atoms with Gasteiger partial charge in [0, 0.05) is 24.5 Å². The van der Waals surface area contributed by atoms with Gasteiger partial charge < -0.3 is 14.7 Å². The molecule has 0 amide bonds. The molecular weight excluding hydrogens is 268 g/mol. The fraction of sp³-hybridized carbons (Fsp3) is 0.250. The van der Waals surface area contributed by atoms with Crippen molar-refractivity contribution < 1.29 is 14.6 Å². The number of pyridine rings is 1. The van der Waals surface area contributed by atoms with E-state index in [9.17, 15) is 9.90 Å². The predicted octanol–water partition coefficient (Wildman–Crippen LogP) is 3.17. The Labute approximate surface area is 123 Å². The zero-order valence-corrected chi connectivity index (χ0v) is 12.5. The third kappa shape index (κ3) is 2.97. The molecule has 2 aromatic rings. The molecule has 0 atom stereocenters. The third-order valence-corrected chi connectivity index (χ3v) is 3.30. The van der Waals surface area contributed by atoms with Crippen LogP contribution in [0.25, 0.3) is 0 Å². The number of hydrogen-bond donors (Lipinski definition) is 1. The van der Waals surface area contributed by atoms with Crippen molar-refractivity contribution in [1.29, 1.82) is 0 Å². The van der Waals surface area contributed by atoms with Crippen molar-refractivity contribution in [3.63, 3.8) is 0 Å². The van der Waals surface area contributed by atoms with E-state index in [0.717, 1.165) is 11.4 Å². The van der Waals surface area contributed by atoms with Crippen molar-refractivity contribution in [3.05, 3.63) is 47.2 Å². The van der Waals surface area contributed by atoms with E-state index < -0.39 is 5.97 Å². The number of aromatic nitrogens is 1. The smallest absolute Gasteiger partial charge is 0.339 e. The van der Waals surface area contributed by atoms with Crippen molar-refractivity contribution in [2.24, 2.45) is 0 Å². The molecule has 21 heavy (non-hydrogen) atoms. The van der Waals surface area contributed by atoms with Gasteiger partial charge in [0.05, 0.1) is 7.11 Å². The summed E-state index contributed by atoms with van der Waals surface area (Å²) in [6, 6.07) is 9.18. The molecule has 0 saturated carbocycles. The second-order valence-electron chi connectivity index (χ2n) is 4.84. The van der Waals surface area contributed by atoms with Gasteiger partial charge in [0.1, 0.15) is 17.1 Å². The molecule has 1 aromatic heterocycles. The number of carboxylic acids is 1. The van der Waals surface area contributed by atoms with Crippen LogP contribution in [0.15, 0.2) is 30.3 Å². The summed E-state index contributed by atoms with van der Waals surface area (Å²) >= 11 is 0. The molecule has 110 valence electrons. The van der Waals surface area contributed by atoms with Crippen LogP contribution >= 0.6 is 0 Å². The Morgan fingerprint density at radius 1 is 1.29 bits per heavy atom. The lowest BCUT2D eigenvalue weighted by atomic mass is 10.1. The number of rotatable bonds is 4. The van der Waals surface area contributed by atoms with Gasteiger partial charge in [0.2, 0.25) is 0 Å². The van der Waals surface area contributed by atoms with Crippen LogP contribution in [0.3, 0.4) is 0 Å². The molecule has 2 rings (SSSR count). The van der Waals surface area contributed by atoms with Crippen LogP contribution in [-0.2, 0) is 0 Å². The van der Waals surface area contributed by atoms with Crippen molar-refractivity contribution in [2.75, 3.05) is 19.1 Å². The largest absolute Gasteiger partial charge is 0.497 e. The van der Waals surface area contributed by atoms with Crippen LogP contribution in [0.5, 0.6) is 5.75 Å². The Morgan fingerprint density at radius 3 is 2.62 bits per heavy atom. The second kappa shape index (κ2) is 5.83. The van der Waals surface area contributed by atoms with E-state index in [1.54, 1.807) is 32.0 Å². The molecule has 0 saturated heterocycles. The Hall–Kier alpha value is -2.56. The molecule has 0 aliphatic heterocycles. The highest BCUT2D eigenvalue weighted by molar-refractivity contribution is 5.96. The maximum Gasteiger partial charge on any atom is 0.339 e. The first-order chi connectivity index (χ1) is 9.93. The number of nitrogens with zero attached hydrogens (tertiary/aromatic N) is 2.